The molecular formula is C40H30N2. The van der Waals surface area contributed by atoms with Crippen LogP contribution in [0.15, 0.2) is 163 Å². The number of allylic oxidation sites excluding steroid dienone is 3. The molecule has 0 fully saturated rings. The van der Waals surface area contributed by atoms with Gasteiger partial charge in [0.25, 0.3) is 0 Å². The quantitative estimate of drug-likeness (QED) is 0.212. The summed E-state index contributed by atoms with van der Waals surface area (Å²) in [6, 6.07) is 50.5. The molecular weight excluding hydrogens is 508 g/mol. The van der Waals surface area contributed by atoms with Gasteiger partial charge >= 0.3 is 0 Å². The molecule has 6 aromatic carbocycles. The van der Waals surface area contributed by atoms with E-state index in [9.17, 15) is 0 Å². The minimum Gasteiger partial charge on any atom is -0.311 e. The summed E-state index contributed by atoms with van der Waals surface area (Å²) in [7, 11) is 0. The zero-order chi connectivity index (χ0) is 27.9. The lowest BCUT2D eigenvalue weighted by molar-refractivity contribution is 0.997. The summed E-state index contributed by atoms with van der Waals surface area (Å²) in [5.74, 6) is 0. The van der Waals surface area contributed by atoms with E-state index in [4.69, 9.17) is 0 Å². The van der Waals surface area contributed by atoms with Crippen molar-refractivity contribution in [3.8, 4) is 16.8 Å². The minimum absolute atomic E-state index is 1.05. The van der Waals surface area contributed by atoms with Gasteiger partial charge in [-0.3, -0.25) is 0 Å². The topological polar surface area (TPSA) is 8.17 Å². The van der Waals surface area contributed by atoms with Crippen LogP contribution in [0.5, 0.6) is 0 Å². The first-order valence-corrected chi connectivity index (χ1v) is 14.7. The average Bonchev–Trinajstić information content (AvgIpc) is 3.40. The van der Waals surface area contributed by atoms with Crippen LogP contribution in [0.3, 0.4) is 0 Å². The summed E-state index contributed by atoms with van der Waals surface area (Å²) in [4.78, 5) is 2.38. The number of hydrogen-bond acceptors (Lipinski definition) is 1. The van der Waals surface area contributed by atoms with Gasteiger partial charge in [0.2, 0.25) is 0 Å². The van der Waals surface area contributed by atoms with Gasteiger partial charge in [-0.1, -0.05) is 109 Å². The van der Waals surface area contributed by atoms with Crippen LogP contribution in [0, 0.1) is 0 Å². The second kappa shape index (κ2) is 10.2. The normalized spacial score (nSPS) is 13.1. The molecule has 0 saturated heterocycles. The van der Waals surface area contributed by atoms with Crippen molar-refractivity contribution in [1.82, 2.24) is 4.57 Å². The van der Waals surface area contributed by atoms with Gasteiger partial charge in [-0.2, -0.15) is 0 Å². The zero-order valence-electron chi connectivity index (χ0n) is 23.3. The third kappa shape index (κ3) is 4.12. The number of aromatic nitrogens is 1. The molecule has 0 amide bonds. The number of nitrogens with zero attached hydrogens (tertiary/aromatic N) is 2. The predicted molar refractivity (Wildman–Crippen MR) is 179 cm³/mol. The lowest BCUT2D eigenvalue weighted by atomic mass is 10.0. The molecule has 8 rings (SSSR count). The fraction of sp³-hybridized carbons (Fsp3) is 0.0500. The Hall–Kier alpha value is -5.34. The molecule has 0 radical (unpaired) electrons. The van der Waals surface area contributed by atoms with E-state index in [-0.39, 0.29) is 0 Å². The first-order chi connectivity index (χ1) is 20.8. The summed E-state index contributed by atoms with van der Waals surface area (Å²) in [6.45, 7) is 0. The molecule has 0 bridgehead atoms. The van der Waals surface area contributed by atoms with Crippen molar-refractivity contribution in [1.29, 1.82) is 0 Å². The Morgan fingerprint density at radius 2 is 1.31 bits per heavy atom. The Morgan fingerprint density at radius 1 is 0.524 bits per heavy atom. The van der Waals surface area contributed by atoms with E-state index in [0.29, 0.717) is 0 Å². The minimum atomic E-state index is 1.05. The molecule has 0 atom stereocenters. The second-order valence-corrected chi connectivity index (χ2v) is 10.9. The van der Waals surface area contributed by atoms with Crippen LogP contribution in [-0.2, 0) is 0 Å². The Kier molecular flexibility index (Phi) is 5.97. The lowest BCUT2D eigenvalue weighted by Crippen LogP contribution is -2.16. The highest BCUT2D eigenvalue weighted by Crippen LogP contribution is 2.41. The first kappa shape index (κ1) is 24.5. The van der Waals surface area contributed by atoms with Gasteiger partial charge in [0.1, 0.15) is 0 Å². The summed E-state index contributed by atoms with van der Waals surface area (Å²) < 4.78 is 2.45. The van der Waals surface area contributed by atoms with E-state index in [1.54, 1.807) is 0 Å². The van der Waals surface area contributed by atoms with E-state index >= 15 is 0 Å². The molecule has 0 aliphatic heterocycles. The van der Waals surface area contributed by atoms with Gasteiger partial charge in [-0.05, 0) is 83.3 Å². The molecule has 7 aromatic rings. The molecule has 2 heteroatoms. The van der Waals surface area contributed by atoms with Crippen LogP contribution in [0.2, 0.25) is 0 Å². The Labute approximate surface area is 246 Å². The fourth-order valence-corrected chi connectivity index (χ4v) is 6.44. The summed E-state index contributed by atoms with van der Waals surface area (Å²) in [6.07, 6.45) is 9.03. The monoisotopic (exact) mass is 538 g/mol. The fourth-order valence-electron chi connectivity index (χ4n) is 6.44. The van der Waals surface area contributed by atoms with Crippen molar-refractivity contribution in [3.05, 3.63) is 163 Å². The van der Waals surface area contributed by atoms with Crippen LogP contribution in [0.25, 0.3) is 49.4 Å². The van der Waals surface area contributed by atoms with E-state index in [1.807, 2.05) is 0 Å². The van der Waals surface area contributed by atoms with Crippen molar-refractivity contribution >= 4 is 44.0 Å². The van der Waals surface area contributed by atoms with Gasteiger partial charge in [0, 0.05) is 33.5 Å². The maximum atomic E-state index is 2.45. The number of para-hydroxylation sites is 1. The highest BCUT2D eigenvalue weighted by Gasteiger charge is 2.19. The van der Waals surface area contributed by atoms with Crippen molar-refractivity contribution < 1.29 is 0 Å². The van der Waals surface area contributed by atoms with Crippen LogP contribution in [-0.4, -0.2) is 4.57 Å². The maximum Gasteiger partial charge on any atom is 0.0562 e. The molecule has 1 aromatic heterocycles. The molecule has 1 aliphatic carbocycles. The largest absolute Gasteiger partial charge is 0.311 e. The van der Waals surface area contributed by atoms with Crippen LogP contribution < -0.4 is 4.90 Å². The van der Waals surface area contributed by atoms with Crippen molar-refractivity contribution in [2.45, 2.75) is 12.8 Å². The van der Waals surface area contributed by atoms with Crippen molar-refractivity contribution in [3.63, 3.8) is 0 Å². The molecule has 200 valence electrons. The molecule has 0 N–H and O–H groups in total. The van der Waals surface area contributed by atoms with Gasteiger partial charge in [0.05, 0.1) is 11.0 Å². The maximum absolute atomic E-state index is 2.45. The Bertz CT molecular complexity index is 2130. The standard InChI is InChI=1S/C40H30N2/c1-4-13-29(14-5-1)31-16-12-21-34(27-31)42-38-26-23-30-15-10-11-22-36(30)40(38)37-25-24-35(28-39(37)42)41(32-17-6-2-7-18-32)33-19-8-3-9-20-33/h1-2,4-8,10-28H,3,9H2. The van der Waals surface area contributed by atoms with Crippen molar-refractivity contribution in [2.75, 3.05) is 4.90 Å². The smallest absolute Gasteiger partial charge is 0.0562 e. The lowest BCUT2D eigenvalue weighted by Gasteiger charge is -2.28. The van der Waals surface area contributed by atoms with Crippen LogP contribution in [0.4, 0.5) is 11.4 Å². The van der Waals surface area contributed by atoms with Crippen LogP contribution in [0.1, 0.15) is 12.8 Å². The molecule has 42 heavy (non-hydrogen) atoms. The predicted octanol–water partition coefficient (Wildman–Crippen LogP) is 11.0. The number of fused-ring (bicyclic) bond motifs is 5. The third-order valence-corrected chi connectivity index (χ3v) is 8.36. The van der Waals surface area contributed by atoms with Gasteiger partial charge in [0.15, 0.2) is 0 Å². The molecule has 1 aliphatic rings. The molecule has 2 nitrogen and oxygen atoms in total. The summed E-state index contributed by atoms with van der Waals surface area (Å²) >= 11 is 0. The first-order valence-electron chi connectivity index (χ1n) is 14.7. The van der Waals surface area contributed by atoms with E-state index < -0.39 is 0 Å². The molecule has 1 heterocycles. The van der Waals surface area contributed by atoms with Gasteiger partial charge < -0.3 is 9.47 Å². The van der Waals surface area contributed by atoms with Gasteiger partial charge in [-0.25, -0.2) is 0 Å². The van der Waals surface area contributed by atoms with Crippen LogP contribution >= 0.6 is 0 Å². The second-order valence-electron chi connectivity index (χ2n) is 10.9. The summed E-state index contributed by atoms with van der Waals surface area (Å²) in [5.41, 5.74) is 9.53. The summed E-state index contributed by atoms with van der Waals surface area (Å²) in [5, 5.41) is 5.10. The Morgan fingerprint density at radius 3 is 2.14 bits per heavy atom. The SMILES string of the molecule is C1=CC(N(c2ccccc2)c2ccc3c4c5ccccc5ccc4n(-c4cccc(-c5ccccc5)c4)c3c2)=CCC1. The Balaban J connectivity index is 1.42. The highest BCUT2D eigenvalue weighted by atomic mass is 15.1. The van der Waals surface area contributed by atoms with E-state index in [2.05, 4.69) is 167 Å². The molecule has 0 saturated carbocycles. The third-order valence-electron chi connectivity index (χ3n) is 8.36. The zero-order valence-corrected chi connectivity index (χ0v) is 23.3. The van der Waals surface area contributed by atoms with E-state index in [1.165, 1.54) is 49.4 Å². The van der Waals surface area contributed by atoms with E-state index in [0.717, 1.165) is 29.9 Å². The van der Waals surface area contributed by atoms with Gasteiger partial charge in [-0.15, -0.1) is 0 Å². The highest BCUT2D eigenvalue weighted by molar-refractivity contribution is 6.21. The van der Waals surface area contributed by atoms with Crippen molar-refractivity contribution in [2.24, 2.45) is 0 Å². The average molecular weight is 539 g/mol. The number of rotatable bonds is 5. The number of benzene rings is 6. The number of anilines is 2. The molecule has 0 spiro atoms. The number of hydrogen-bond donors (Lipinski definition) is 0. The molecule has 0 unspecified atom stereocenters.